The minimum atomic E-state index is 0.555. The second-order valence-electron chi connectivity index (χ2n) is 5.39. The lowest BCUT2D eigenvalue weighted by molar-refractivity contribution is 0.375. The molecule has 17 heavy (non-hydrogen) atoms. The molecule has 0 saturated carbocycles. The summed E-state index contributed by atoms with van der Waals surface area (Å²) in [5.41, 5.74) is 4.01. The lowest BCUT2D eigenvalue weighted by Gasteiger charge is -2.26. The first-order valence-electron chi connectivity index (χ1n) is 6.66. The Labute approximate surface area is 105 Å². The molecule has 0 radical (unpaired) electrons. The maximum atomic E-state index is 3.63. The number of hydrogen-bond acceptors (Lipinski definition) is 1. The number of aryl methyl sites for hydroxylation is 2. The first-order valence-corrected chi connectivity index (χ1v) is 6.66. The Morgan fingerprint density at radius 2 is 1.82 bits per heavy atom. The van der Waals surface area contributed by atoms with Crippen molar-refractivity contribution in [1.29, 1.82) is 0 Å². The molecule has 92 valence electrons. The summed E-state index contributed by atoms with van der Waals surface area (Å²) in [5, 5.41) is 3.63. The summed E-state index contributed by atoms with van der Waals surface area (Å²) < 4.78 is 0. The van der Waals surface area contributed by atoms with Crippen LogP contribution in [0.3, 0.4) is 0 Å². The monoisotopic (exact) mass is 229 g/mol. The molecule has 0 amide bonds. The van der Waals surface area contributed by atoms with Gasteiger partial charge in [-0.05, 0) is 39.2 Å². The van der Waals surface area contributed by atoms with E-state index in [-0.39, 0.29) is 0 Å². The third-order valence-electron chi connectivity index (χ3n) is 3.42. The Balaban J connectivity index is 2.04. The Kier molecular flexibility index (Phi) is 4.01. The highest BCUT2D eigenvalue weighted by molar-refractivity contribution is 5.52. The Morgan fingerprint density at radius 3 is 2.47 bits per heavy atom. The van der Waals surface area contributed by atoms with Crippen molar-refractivity contribution in [2.24, 2.45) is 0 Å². The van der Waals surface area contributed by atoms with Gasteiger partial charge in [0.05, 0.1) is 0 Å². The summed E-state index contributed by atoms with van der Waals surface area (Å²) in [7, 11) is 0. The highest BCUT2D eigenvalue weighted by Gasteiger charge is 2.14. The maximum Gasteiger partial charge on any atom is 0.0255 e. The zero-order valence-corrected chi connectivity index (χ0v) is 11.2. The lowest BCUT2D eigenvalue weighted by Crippen LogP contribution is -2.39. The first kappa shape index (κ1) is 12.4. The maximum absolute atomic E-state index is 3.63. The first-order chi connectivity index (χ1) is 8.13. The van der Waals surface area contributed by atoms with Crippen molar-refractivity contribution in [3.8, 4) is 0 Å². The topological polar surface area (TPSA) is 12.0 Å². The molecule has 1 aromatic carbocycles. The van der Waals surface area contributed by atoms with Gasteiger partial charge in [0.2, 0.25) is 0 Å². The van der Waals surface area contributed by atoms with E-state index in [9.17, 15) is 0 Å². The van der Waals surface area contributed by atoms with E-state index in [1.165, 1.54) is 36.0 Å². The van der Waals surface area contributed by atoms with E-state index in [1.807, 2.05) is 0 Å². The highest BCUT2D eigenvalue weighted by Crippen LogP contribution is 2.15. The molecule has 2 rings (SSSR count). The molecule has 1 aliphatic rings. The lowest BCUT2D eigenvalue weighted by atomic mass is 9.98. The van der Waals surface area contributed by atoms with Crippen LogP contribution in [-0.2, 0) is 0 Å². The van der Waals surface area contributed by atoms with Gasteiger partial charge in [0.1, 0.15) is 0 Å². The predicted molar refractivity (Wildman–Crippen MR) is 75.2 cm³/mol. The van der Waals surface area contributed by atoms with Gasteiger partial charge in [-0.25, -0.2) is 0 Å². The van der Waals surface area contributed by atoms with Crippen LogP contribution in [0.15, 0.2) is 24.3 Å². The van der Waals surface area contributed by atoms with Crippen LogP contribution < -0.4 is 5.32 Å². The molecular weight excluding hydrogens is 206 g/mol. The van der Waals surface area contributed by atoms with Crippen molar-refractivity contribution < 1.29 is 0 Å². The second-order valence-corrected chi connectivity index (χ2v) is 5.39. The molecule has 0 aliphatic carbocycles. The van der Waals surface area contributed by atoms with E-state index in [2.05, 4.69) is 56.4 Å². The quantitative estimate of drug-likeness (QED) is 0.812. The summed E-state index contributed by atoms with van der Waals surface area (Å²) in [4.78, 5) is 0. The normalized spacial score (nSPS) is 25.4. The predicted octanol–water partition coefficient (Wildman–Crippen LogP) is 3.85. The van der Waals surface area contributed by atoms with Crippen molar-refractivity contribution >= 4 is 6.08 Å². The summed E-state index contributed by atoms with van der Waals surface area (Å²) in [5.74, 6) is 0. The van der Waals surface area contributed by atoms with E-state index >= 15 is 0 Å². The minimum absolute atomic E-state index is 0.555. The van der Waals surface area contributed by atoms with Gasteiger partial charge in [0.25, 0.3) is 0 Å². The average molecular weight is 229 g/mol. The van der Waals surface area contributed by atoms with Gasteiger partial charge in [-0.2, -0.15) is 0 Å². The third-order valence-corrected chi connectivity index (χ3v) is 3.42. The molecule has 1 N–H and O–H groups in total. The molecule has 1 saturated heterocycles. The molecule has 1 aliphatic heterocycles. The molecule has 1 fully saturated rings. The SMILES string of the molecule is Cc1cc(C)cc(/C=C/C2CCCC(C)N2)c1. The van der Waals surface area contributed by atoms with Crippen LogP contribution in [0, 0.1) is 13.8 Å². The van der Waals surface area contributed by atoms with Crippen LogP contribution in [0.4, 0.5) is 0 Å². The fourth-order valence-electron chi connectivity index (χ4n) is 2.66. The summed E-state index contributed by atoms with van der Waals surface area (Å²) in [6.45, 7) is 6.59. The van der Waals surface area contributed by atoms with E-state index < -0.39 is 0 Å². The number of rotatable bonds is 2. The van der Waals surface area contributed by atoms with Crippen molar-refractivity contribution in [3.05, 3.63) is 41.0 Å². The van der Waals surface area contributed by atoms with E-state index in [1.54, 1.807) is 0 Å². The number of hydrogen-bond donors (Lipinski definition) is 1. The van der Waals surface area contributed by atoms with Gasteiger partial charge in [0.15, 0.2) is 0 Å². The van der Waals surface area contributed by atoms with Crippen LogP contribution in [0.1, 0.15) is 42.9 Å². The van der Waals surface area contributed by atoms with Gasteiger partial charge < -0.3 is 5.32 Å². The Morgan fingerprint density at radius 1 is 1.12 bits per heavy atom. The van der Waals surface area contributed by atoms with Crippen LogP contribution in [0.5, 0.6) is 0 Å². The minimum Gasteiger partial charge on any atom is -0.308 e. The fraction of sp³-hybridized carbons (Fsp3) is 0.500. The zero-order chi connectivity index (χ0) is 12.3. The van der Waals surface area contributed by atoms with Crippen molar-refractivity contribution in [1.82, 2.24) is 5.32 Å². The van der Waals surface area contributed by atoms with Gasteiger partial charge in [-0.1, -0.05) is 47.9 Å². The van der Waals surface area contributed by atoms with Gasteiger partial charge in [-0.3, -0.25) is 0 Å². The van der Waals surface area contributed by atoms with Gasteiger partial charge in [-0.15, -0.1) is 0 Å². The number of piperidine rings is 1. The largest absolute Gasteiger partial charge is 0.308 e. The summed E-state index contributed by atoms with van der Waals surface area (Å²) in [6.07, 6.45) is 8.51. The van der Waals surface area contributed by atoms with Gasteiger partial charge >= 0.3 is 0 Å². The third kappa shape index (κ3) is 3.71. The average Bonchev–Trinajstić information content (AvgIpc) is 2.25. The van der Waals surface area contributed by atoms with Crippen LogP contribution >= 0.6 is 0 Å². The van der Waals surface area contributed by atoms with Crippen molar-refractivity contribution in [2.45, 2.75) is 52.1 Å². The fourth-order valence-corrected chi connectivity index (χ4v) is 2.66. The van der Waals surface area contributed by atoms with E-state index in [0.717, 1.165) is 0 Å². The zero-order valence-electron chi connectivity index (χ0n) is 11.2. The summed E-state index contributed by atoms with van der Waals surface area (Å²) in [6, 6.07) is 7.93. The molecule has 1 aromatic rings. The van der Waals surface area contributed by atoms with Crippen LogP contribution in [-0.4, -0.2) is 12.1 Å². The molecule has 0 spiro atoms. The molecule has 1 heteroatoms. The van der Waals surface area contributed by atoms with Crippen molar-refractivity contribution in [2.75, 3.05) is 0 Å². The second kappa shape index (κ2) is 5.50. The molecule has 2 unspecified atom stereocenters. The molecule has 1 nitrogen and oxygen atoms in total. The van der Waals surface area contributed by atoms with Crippen LogP contribution in [0.2, 0.25) is 0 Å². The Bertz CT molecular complexity index is 386. The Hall–Kier alpha value is -1.08. The molecular formula is C16H23N. The molecule has 0 bridgehead atoms. The van der Waals surface area contributed by atoms with E-state index in [4.69, 9.17) is 0 Å². The smallest absolute Gasteiger partial charge is 0.0255 e. The standard InChI is InChI=1S/C16H23N/c1-12-9-13(2)11-15(10-12)7-8-16-6-4-5-14(3)17-16/h7-11,14,16-17H,4-6H2,1-3H3/b8-7+. The number of nitrogens with one attached hydrogen (secondary N) is 1. The van der Waals surface area contributed by atoms with Crippen molar-refractivity contribution in [3.63, 3.8) is 0 Å². The van der Waals surface area contributed by atoms with E-state index in [0.29, 0.717) is 12.1 Å². The van der Waals surface area contributed by atoms with Gasteiger partial charge in [0, 0.05) is 12.1 Å². The molecule has 1 heterocycles. The molecule has 2 atom stereocenters. The van der Waals surface area contributed by atoms with Crippen LogP contribution in [0.25, 0.3) is 6.08 Å². The summed E-state index contributed by atoms with van der Waals surface area (Å²) >= 11 is 0. The number of benzene rings is 1. The highest BCUT2D eigenvalue weighted by atomic mass is 14.9. The molecule has 0 aromatic heterocycles.